The molecule has 0 heterocycles. The van der Waals surface area contributed by atoms with Crippen molar-refractivity contribution in [2.45, 2.75) is 11.3 Å². The first-order valence-corrected chi connectivity index (χ1v) is 6.45. The van der Waals surface area contributed by atoms with E-state index in [2.05, 4.69) is 18.2 Å². The quantitative estimate of drug-likeness (QED) is 0.609. The molecule has 0 aliphatic heterocycles. The second-order valence-electron chi connectivity index (χ2n) is 3.98. The van der Waals surface area contributed by atoms with E-state index in [1.54, 1.807) is 11.8 Å². The molecule has 0 saturated heterocycles. The number of anilines is 1. The van der Waals surface area contributed by atoms with E-state index in [4.69, 9.17) is 11.5 Å². The topological polar surface area (TPSA) is 52.0 Å². The van der Waals surface area contributed by atoms with Gasteiger partial charge in [0.05, 0.1) is 4.87 Å². The summed E-state index contributed by atoms with van der Waals surface area (Å²) in [5, 5.41) is 0. The molecule has 1 aliphatic rings. The van der Waals surface area contributed by atoms with E-state index in [0.29, 0.717) is 0 Å². The molecule has 0 aromatic heterocycles. The fourth-order valence-corrected chi connectivity index (χ4v) is 2.13. The lowest BCUT2D eigenvalue weighted by Crippen LogP contribution is -2.33. The maximum atomic E-state index is 6.13. The van der Waals surface area contributed by atoms with Crippen molar-refractivity contribution in [2.24, 2.45) is 5.73 Å². The van der Waals surface area contributed by atoms with Crippen molar-refractivity contribution in [3.63, 3.8) is 0 Å². The minimum atomic E-state index is -0.239. The summed E-state index contributed by atoms with van der Waals surface area (Å²) >= 11 is 1.67. The van der Waals surface area contributed by atoms with Gasteiger partial charge in [-0.05, 0) is 35.9 Å². The minimum absolute atomic E-state index is 0.239. The van der Waals surface area contributed by atoms with Crippen molar-refractivity contribution in [3.05, 3.63) is 48.1 Å². The van der Waals surface area contributed by atoms with Crippen molar-refractivity contribution < 1.29 is 0 Å². The zero-order chi connectivity index (χ0) is 11.6. The van der Waals surface area contributed by atoms with Gasteiger partial charge >= 0.3 is 0 Å². The van der Waals surface area contributed by atoms with Gasteiger partial charge < -0.3 is 11.5 Å². The standard InChI is InChI=1S/C13H16N2S/c1-16-13(15)8-6-11(7-9-13)10-2-4-12(14)5-3-10/h2-8H,9,14-15H2,1H3. The second-order valence-corrected chi connectivity index (χ2v) is 5.15. The third-order valence-electron chi connectivity index (χ3n) is 2.81. The molecule has 1 aliphatic carbocycles. The lowest BCUT2D eigenvalue weighted by Gasteiger charge is -2.25. The van der Waals surface area contributed by atoms with Crippen molar-refractivity contribution in [2.75, 3.05) is 12.0 Å². The van der Waals surface area contributed by atoms with E-state index >= 15 is 0 Å². The van der Waals surface area contributed by atoms with Crippen LogP contribution in [0.4, 0.5) is 5.69 Å². The van der Waals surface area contributed by atoms with Gasteiger partial charge in [-0.2, -0.15) is 0 Å². The molecular formula is C13H16N2S. The van der Waals surface area contributed by atoms with Crippen molar-refractivity contribution >= 4 is 23.0 Å². The summed E-state index contributed by atoms with van der Waals surface area (Å²) in [5.41, 5.74) is 15.0. The molecule has 0 radical (unpaired) electrons. The van der Waals surface area contributed by atoms with Gasteiger partial charge in [-0.25, -0.2) is 0 Å². The van der Waals surface area contributed by atoms with Crippen LogP contribution in [-0.2, 0) is 0 Å². The van der Waals surface area contributed by atoms with Crippen LogP contribution in [0.5, 0.6) is 0 Å². The molecule has 0 saturated carbocycles. The molecule has 1 aromatic rings. The molecule has 16 heavy (non-hydrogen) atoms. The summed E-state index contributed by atoms with van der Waals surface area (Å²) in [5.74, 6) is 0. The SMILES string of the molecule is CSC1(N)C=CC(c2ccc(N)cc2)=CC1. The molecular weight excluding hydrogens is 216 g/mol. The minimum Gasteiger partial charge on any atom is -0.399 e. The smallest absolute Gasteiger partial charge is 0.0842 e. The maximum absolute atomic E-state index is 6.13. The van der Waals surface area contributed by atoms with Gasteiger partial charge in [-0.15, -0.1) is 11.8 Å². The van der Waals surface area contributed by atoms with Crippen molar-refractivity contribution in [1.82, 2.24) is 0 Å². The summed E-state index contributed by atoms with van der Waals surface area (Å²) < 4.78 is 0. The van der Waals surface area contributed by atoms with Crippen molar-refractivity contribution in [3.8, 4) is 0 Å². The molecule has 84 valence electrons. The number of rotatable bonds is 2. The van der Waals surface area contributed by atoms with E-state index in [0.717, 1.165) is 12.1 Å². The summed E-state index contributed by atoms with van der Waals surface area (Å²) in [6.07, 6.45) is 9.24. The van der Waals surface area contributed by atoms with Gasteiger partial charge in [-0.1, -0.05) is 30.4 Å². The van der Waals surface area contributed by atoms with Gasteiger partial charge in [0.1, 0.15) is 0 Å². The fraction of sp³-hybridized carbons (Fsp3) is 0.231. The van der Waals surface area contributed by atoms with Crippen LogP contribution >= 0.6 is 11.8 Å². The second kappa shape index (κ2) is 4.36. The number of thioether (sulfide) groups is 1. The Bertz CT molecular complexity index is 434. The highest BCUT2D eigenvalue weighted by atomic mass is 32.2. The van der Waals surface area contributed by atoms with E-state index in [9.17, 15) is 0 Å². The molecule has 0 bridgehead atoms. The number of nitrogens with two attached hydrogens (primary N) is 2. The molecule has 1 atom stereocenters. The van der Waals surface area contributed by atoms with Gasteiger partial charge in [0, 0.05) is 5.69 Å². The fourth-order valence-electron chi connectivity index (χ4n) is 1.68. The Morgan fingerprint density at radius 3 is 2.44 bits per heavy atom. The Morgan fingerprint density at radius 1 is 1.25 bits per heavy atom. The zero-order valence-corrected chi connectivity index (χ0v) is 10.1. The maximum Gasteiger partial charge on any atom is 0.0842 e. The average molecular weight is 232 g/mol. The first kappa shape index (κ1) is 11.3. The lowest BCUT2D eigenvalue weighted by atomic mass is 9.97. The molecule has 0 fully saturated rings. The Labute approximate surface area is 100 Å². The number of hydrogen-bond acceptors (Lipinski definition) is 3. The average Bonchev–Trinajstić information content (AvgIpc) is 2.32. The van der Waals surface area contributed by atoms with Crippen LogP contribution in [0.1, 0.15) is 12.0 Å². The monoisotopic (exact) mass is 232 g/mol. The molecule has 3 heteroatoms. The number of allylic oxidation sites excluding steroid dienone is 2. The van der Waals surface area contributed by atoms with Gasteiger partial charge in [-0.3, -0.25) is 0 Å². The normalized spacial score (nSPS) is 24.2. The number of hydrogen-bond donors (Lipinski definition) is 2. The first-order valence-electron chi connectivity index (χ1n) is 5.22. The molecule has 2 rings (SSSR count). The van der Waals surface area contributed by atoms with Crippen LogP contribution in [0.25, 0.3) is 5.57 Å². The number of nitrogen functional groups attached to an aromatic ring is 1. The number of benzene rings is 1. The van der Waals surface area contributed by atoms with Crippen LogP contribution in [0.15, 0.2) is 42.5 Å². The Hall–Kier alpha value is -1.19. The predicted octanol–water partition coefficient (Wildman–Crippen LogP) is 2.63. The van der Waals surface area contributed by atoms with E-state index in [-0.39, 0.29) is 4.87 Å². The largest absolute Gasteiger partial charge is 0.399 e. The Morgan fingerprint density at radius 2 is 1.94 bits per heavy atom. The third kappa shape index (κ3) is 2.31. The van der Waals surface area contributed by atoms with Crippen LogP contribution in [0, 0.1) is 0 Å². The first-order chi connectivity index (χ1) is 7.63. The molecule has 0 amide bonds. The third-order valence-corrected chi connectivity index (χ3v) is 3.87. The van der Waals surface area contributed by atoms with Crippen LogP contribution in [-0.4, -0.2) is 11.1 Å². The Balaban J connectivity index is 2.20. The van der Waals surface area contributed by atoms with Gasteiger partial charge in [0.15, 0.2) is 0 Å². The summed E-state index contributed by atoms with van der Waals surface area (Å²) in [7, 11) is 0. The van der Waals surface area contributed by atoms with E-state index in [1.807, 2.05) is 30.5 Å². The zero-order valence-electron chi connectivity index (χ0n) is 9.31. The van der Waals surface area contributed by atoms with Crippen LogP contribution in [0.3, 0.4) is 0 Å². The molecule has 1 aromatic carbocycles. The van der Waals surface area contributed by atoms with E-state index < -0.39 is 0 Å². The molecule has 2 nitrogen and oxygen atoms in total. The highest BCUT2D eigenvalue weighted by molar-refractivity contribution is 8.00. The predicted molar refractivity (Wildman–Crippen MR) is 73.0 cm³/mol. The molecule has 4 N–H and O–H groups in total. The molecule has 1 unspecified atom stereocenters. The summed E-state index contributed by atoms with van der Waals surface area (Å²) in [6.45, 7) is 0. The van der Waals surface area contributed by atoms with E-state index in [1.165, 1.54) is 11.1 Å². The van der Waals surface area contributed by atoms with Gasteiger partial charge in [0.2, 0.25) is 0 Å². The highest BCUT2D eigenvalue weighted by Gasteiger charge is 2.21. The van der Waals surface area contributed by atoms with Crippen LogP contribution in [0.2, 0.25) is 0 Å². The van der Waals surface area contributed by atoms with Crippen molar-refractivity contribution in [1.29, 1.82) is 0 Å². The molecule has 0 spiro atoms. The highest BCUT2D eigenvalue weighted by Crippen LogP contribution is 2.31. The Kier molecular flexibility index (Phi) is 3.08. The summed E-state index contributed by atoms with van der Waals surface area (Å²) in [6, 6.07) is 7.91. The van der Waals surface area contributed by atoms with Crippen LogP contribution < -0.4 is 11.5 Å². The summed E-state index contributed by atoms with van der Waals surface area (Å²) in [4.78, 5) is -0.239. The van der Waals surface area contributed by atoms with Gasteiger partial charge in [0.25, 0.3) is 0 Å². The lowest BCUT2D eigenvalue weighted by molar-refractivity contribution is 0.761.